The fourth-order valence-electron chi connectivity index (χ4n) is 3.36. The van der Waals surface area contributed by atoms with Crippen molar-refractivity contribution < 1.29 is 18.0 Å². The Morgan fingerprint density at radius 3 is 2.18 bits per heavy atom. The molecule has 33 heavy (non-hydrogen) atoms. The average molecular weight is 453 g/mol. The molecule has 0 bridgehead atoms. The lowest BCUT2D eigenvalue weighted by Crippen LogP contribution is -2.27. The third-order valence-electron chi connectivity index (χ3n) is 5.33. The van der Waals surface area contributed by atoms with E-state index >= 15 is 0 Å². The predicted molar refractivity (Wildman–Crippen MR) is 119 cm³/mol. The van der Waals surface area contributed by atoms with E-state index in [1.54, 1.807) is 17.6 Å². The number of carbonyl (C=O) groups excluding carboxylic acids is 1. The van der Waals surface area contributed by atoms with Crippen LogP contribution in [0.2, 0.25) is 0 Å². The van der Waals surface area contributed by atoms with Crippen LogP contribution in [0.5, 0.6) is 0 Å². The molecule has 0 aliphatic rings. The van der Waals surface area contributed by atoms with Crippen molar-refractivity contribution in [2.45, 2.75) is 32.4 Å². The number of hydrogen-bond acceptors (Lipinski definition) is 4. The van der Waals surface area contributed by atoms with Crippen LogP contribution in [-0.2, 0) is 11.6 Å². The smallest absolute Gasteiger partial charge is 0.309 e. The van der Waals surface area contributed by atoms with Crippen LogP contribution in [0.15, 0.2) is 61.2 Å². The molecule has 3 aromatic heterocycles. The van der Waals surface area contributed by atoms with Gasteiger partial charge in [0.1, 0.15) is 5.69 Å². The fourth-order valence-corrected chi connectivity index (χ4v) is 3.36. The molecule has 1 aromatic carbocycles. The van der Waals surface area contributed by atoms with E-state index in [1.807, 2.05) is 12.1 Å². The molecule has 4 rings (SSSR count). The maximum absolute atomic E-state index is 13.1. The Balaban J connectivity index is 1.64. The van der Waals surface area contributed by atoms with E-state index in [-0.39, 0.29) is 17.0 Å². The molecule has 0 atom stereocenters. The van der Waals surface area contributed by atoms with Gasteiger partial charge in [-0.15, -0.1) is 0 Å². The minimum absolute atomic E-state index is 0.107. The molecule has 0 radical (unpaired) electrons. The molecule has 0 unspecified atom stereocenters. The summed E-state index contributed by atoms with van der Waals surface area (Å²) in [4.78, 5) is 27.4. The van der Waals surface area contributed by atoms with Gasteiger partial charge in [-0.05, 0) is 24.3 Å². The largest absolute Gasteiger partial charge is 0.416 e. The fraction of sp³-hybridized carbons (Fsp3) is 0.250. The molecule has 0 fully saturated rings. The molecule has 170 valence electrons. The summed E-state index contributed by atoms with van der Waals surface area (Å²) >= 11 is 0. The second-order valence-electron chi connectivity index (χ2n) is 8.74. The minimum atomic E-state index is -4.41. The zero-order valence-electron chi connectivity index (χ0n) is 18.6. The summed E-state index contributed by atoms with van der Waals surface area (Å²) in [5.74, 6) is -0.353. The van der Waals surface area contributed by atoms with E-state index in [0.717, 1.165) is 17.8 Å². The van der Waals surface area contributed by atoms with Crippen LogP contribution in [-0.4, -0.2) is 32.3 Å². The number of fused-ring (bicyclic) bond motifs is 1. The SMILES string of the molecule is CN(C(=O)c1cn2c(-c3ccc(C(F)(F)F)cc3)cnc2cn1)c1ccc(C(C)(C)C)nc1. The van der Waals surface area contributed by atoms with E-state index in [2.05, 4.69) is 35.7 Å². The van der Waals surface area contributed by atoms with Gasteiger partial charge in [-0.1, -0.05) is 32.9 Å². The zero-order valence-corrected chi connectivity index (χ0v) is 18.6. The Morgan fingerprint density at radius 1 is 0.909 bits per heavy atom. The predicted octanol–water partition coefficient (Wildman–Crippen LogP) is 5.38. The molecule has 4 aromatic rings. The van der Waals surface area contributed by atoms with Crippen molar-refractivity contribution in [3.05, 3.63) is 78.1 Å². The Morgan fingerprint density at radius 2 is 1.61 bits per heavy atom. The number of nitrogens with zero attached hydrogens (tertiary/aromatic N) is 5. The van der Waals surface area contributed by atoms with Crippen molar-refractivity contribution in [1.29, 1.82) is 0 Å². The summed E-state index contributed by atoms with van der Waals surface area (Å²) in [5.41, 5.74) is 2.41. The standard InChI is InChI=1S/C24H22F3N5O/c1-23(2,3)20-10-9-17(11-29-20)31(4)22(33)18-14-32-19(12-30-21(32)13-28-18)15-5-7-16(8-6-15)24(25,26)27/h5-14H,1-4H3. The first-order valence-corrected chi connectivity index (χ1v) is 10.2. The highest BCUT2D eigenvalue weighted by Crippen LogP contribution is 2.31. The van der Waals surface area contributed by atoms with Gasteiger partial charge in [-0.3, -0.25) is 14.2 Å². The number of halogens is 3. The number of amides is 1. The number of aromatic nitrogens is 4. The topological polar surface area (TPSA) is 63.4 Å². The van der Waals surface area contributed by atoms with Gasteiger partial charge in [0.2, 0.25) is 0 Å². The van der Waals surface area contributed by atoms with E-state index in [4.69, 9.17) is 0 Å². The molecule has 6 nitrogen and oxygen atoms in total. The van der Waals surface area contributed by atoms with Gasteiger partial charge in [0.15, 0.2) is 5.65 Å². The first-order chi connectivity index (χ1) is 15.4. The third kappa shape index (κ3) is 4.44. The summed E-state index contributed by atoms with van der Waals surface area (Å²) in [6.07, 6.45) is 1.75. The number of imidazole rings is 1. The molecule has 3 heterocycles. The summed E-state index contributed by atoms with van der Waals surface area (Å²) < 4.78 is 40.3. The lowest BCUT2D eigenvalue weighted by molar-refractivity contribution is -0.137. The summed E-state index contributed by atoms with van der Waals surface area (Å²) in [5, 5.41) is 0. The summed E-state index contributed by atoms with van der Waals surface area (Å²) in [6, 6.07) is 8.50. The lowest BCUT2D eigenvalue weighted by atomic mass is 9.92. The molecule has 0 saturated carbocycles. The van der Waals surface area contributed by atoms with Crippen molar-refractivity contribution in [2.24, 2.45) is 0 Å². The Bertz CT molecular complexity index is 1300. The first-order valence-electron chi connectivity index (χ1n) is 10.2. The van der Waals surface area contributed by atoms with E-state index in [9.17, 15) is 18.0 Å². The van der Waals surface area contributed by atoms with Gasteiger partial charge in [-0.2, -0.15) is 13.2 Å². The third-order valence-corrected chi connectivity index (χ3v) is 5.33. The maximum atomic E-state index is 13.1. The van der Waals surface area contributed by atoms with E-state index in [0.29, 0.717) is 22.6 Å². The molecule has 0 N–H and O–H groups in total. The number of alkyl halides is 3. The van der Waals surface area contributed by atoms with Crippen LogP contribution in [0.4, 0.5) is 18.9 Å². The van der Waals surface area contributed by atoms with Crippen molar-refractivity contribution in [3.63, 3.8) is 0 Å². The quantitative estimate of drug-likeness (QED) is 0.418. The minimum Gasteiger partial charge on any atom is -0.309 e. The summed E-state index contributed by atoms with van der Waals surface area (Å²) in [6.45, 7) is 6.17. The van der Waals surface area contributed by atoms with Crippen LogP contribution in [0.1, 0.15) is 42.5 Å². The van der Waals surface area contributed by atoms with Gasteiger partial charge in [0, 0.05) is 29.9 Å². The molecular formula is C24H22F3N5O. The zero-order chi connectivity index (χ0) is 24.0. The maximum Gasteiger partial charge on any atom is 0.416 e. The highest BCUT2D eigenvalue weighted by molar-refractivity contribution is 6.04. The molecule has 1 amide bonds. The number of pyridine rings is 1. The Labute approximate surface area is 188 Å². The average Bonchev–Trinajstić information content (AvgIpc) is 3.20. The van der Waals surface area contributed by atoms with E-state index < -0.39 is 11.7 Å². The first kappa shape index (κ1) is 22.4. The number of rotatable bonds is 3. The van der Waals surface area contributed by atoms with Crippen LogP contribution in [0.25, 0.3) is 16.9 Å². The van der Waals surface area contributed by atoms with E-state index in [1.165, 1.54) is 35.6 Å². The molecule has 0 aliphatic carbocycles. The van der Waals surface area contributed by atoms with Gasteiger partial charge in [0.05, 0.1) is 35.5 Å². The molecule has 0 spiro atoms. The van der Waals surface area contributed by atoms with Gasteiger partial charge in [-0.25, -0.2) is 9.97 Å². The normalized spacial score (nSPS) is 12.2. The Hall–Kier alpha value is -3.75. The molecule has 0 saturated heterocycles. The van der Waals surface area contributed by atoms with Crippen molar-refractivity contribution in [2.75, 3.05) is 11.9 Å². The van der Waals surface area contributed by atoms with Crippen LogP contribution < -0.4 is 4.90 Å². The van der Waals surface area contributed by atoms with Gasteiger partial charge in [0.25, 0.3) is 5.91 Å². The number of hydrogen-bond donors (Lipinski definition) is 0. The van der Waals surface area contributed by atoms with Gasteiger partial charge < -0.3 is 4.90 Å². The number of carbonyl (C=O) groups is 1. The number of anilines is 1. The summed E-state index contributed by atoms with van der Waals surface area (Å²) in [7, 11) is 1.63. The molecule has 9 heteroatoms. The van der Waals surface area contributed by atoms with Crippen LogP contribution in [0.3, 0.4) is 0 Å². The Kier molecular flexibility index (Phi) is 5.43. The highest BCUT2D eigenvalue weighted by Gasteiger charge is 2.30. The van der Waals surface area contributed by atoms with Crippen molar-refractivity contribution >= 4 is 17.2 Å². The molecule has 0 aliphatic heterocycles. The second kappa shape index (κ2) is 7.99. The monoisotopic (exact) mass is 453 g/mol. The lowest BCUT2D eigenvalue weighted by Gasteiger charge is -2.20. The van der Waals surface area contributed by atoms with Crippen LogP contribution >= 0.6 is 0 Å². The molecular weight excluding hydrogens is 431 g/mol. The second-order valence-corrected chi connectivity index (χ2v) is 8.74. The van der Waals surface area contributed by atoms with Gasteiger partial charge >= 0.3 is 6.18 Å². The highest BCUT2D eigenvalue weighted by atomic mass is 19.4. The van der Waals surface area contributed by atoms with Crippen molar-refractivity contribution in [3.8, 4) is 11.3 Å². The number of benzene rings is 1. The van der Waals surface area contributed by atoms with Crippen LogP contribution in [0, 0.1) is 0 Å². The van der Waals surface area contributed by atoms with Crippen molar-refractivity contribution in [1.82, 2.24) is 19.4 Å².